The summed E-state index contributed by atoms with van der Waals surface area (Å²) in [6.07, 6.45) is 4.66. The van der Waals surface area contributed by atoms with Crippen molar-refractivity contribution in [3.8, 4) is 5.75 Å². The molecule has 1 aromatic carbocycles. The lowest BCUT2D eigenvalue weighted by Gasteiger charge is -2.23. The lowest BCUT2D eigenvalue weighted by atomic mass is 9.87. The minimum atomic E-state index is -0.200. The Labute approximate surface area is 101 Å². The van der Waals surface area contributed by atoms with Gasteiger partial charge in [0, 0.05) is 11.5 Å². The number of aldehydes is 1. The number of carbonyl (C=O) groups is 1. The summed E-state index contributed by atoms with van der Waals surface area (Å²) >= 11 is 0. The molecule has 2 fully saturated rings. The van der Waals surface area contributed by atoms with E-state index < -0.39 is 0 Å². The molecule has 2 unspecified atom stereocenters. The van der Waals surface area contributed by atoms with Gasteiger partial charge in [0.2, 0.25) is 0 Å². The highest BCUT2D eigenvalue weighted by atomic mass is 16.5. The van der Waals surface area contributed by atoms with Crippen molar-refractivity contribution < 1.29 is 9.53 Å². The molecule has 2 nitrogen and oxygen atoms in total. The van der Waals surface area contributed by atoms with Crippen molar-refractivity contribution in [1.29, 1.82) is 0 Å². The maximum absolute atomic E-state index is 11.4. The van der Waals surface area contributed by atoms with Crippen LogP contribution in [0, 0.1) is 5.92 Å². The number of ether oxygens (including phenoxy) is 1. The molecule has 0 saturated heterocycles. The Balaban J connectivity index is 1.86. The van der Waals surface area contributed by atoms with E-state index in [0.29, 0.717) is 17.9 Å². The molecule has 0 spiro atoms. The van der Waals surface area contributed by atoms with E-state index in [1.54, 1.807) is 0 Å². The van der Waals surface area contributed by atoms with E-state index in [0.717, 1.165) is 24.0 Å². The van der Waals surface area contributed by atoms with E-state index in [-0.39, 0.29) is 5.41 Å². The highest BCUT2D eigenvalue weighted by Crippen LogP contribution is 2.59. The van der Waals surface area contributed by atoms with Crippen LogP contribution in [0.25, 0.3) is 0 Å². The van der Waals surface area contributed by atoms with Gasteiger partial charge >= 0.3 is 0 Å². The van der Waals surface area contributed by atoms with Gasteiger partial charge in [0.1, 0.15) is 12.0 Å². The van der Waals surface area contributed by atoms with Crippen LogP contribution in [0.4, 0.5) is 0 Å². The van der Waals surface area contributed by atoms with Gasteiger partial charge in [0.25, 0.3) is 0 Å². The number of fused-ring (bicyclic) bond motifs is 3. The van der Waals surface area contributed by atoms with Crippen LogP contribution in [0.2, 0.25) is 0 Å². The molecule has 2 saturated carbocycles. The summed E-state index contributed by atoms with van der Waals surface area (Å²) < 4.78 is 5.73. The molecule has 1 aromatic rings. The van der Waals surface area contributed by atoms with Crippen LogP contribution in [-0.2, 0) is 15.6 Å². The molecule has 1 heterocycles. The van der Waals surface area contributed by atoms with E-state index in [2.05, 4.69) is 25.1 Å². The molecule has 0 N–H and O–H groups in total. The highest BCUT2D eigenvalue weighted by Gasteiger charge is 2.59. The molecule has 17 heavy (non-hydrogen) atoms. The lowest BCUT2D eigenvalue weighted by Crippen LogP contribution is -2.23. The summed E-state index contributed by atoms with van der Waals surface area (Å²) in [4.78, 5) is 11.4. The number of hydrogen-bond acceptors (Lipinski definition) is 2. The van der Waals surface area contributed by atoms with Crippen molar-refractivity contribution in [2.75, 3.05) is 6.61 Å². The summed E-state index contributed by atoms with van der Waals surface area (Å²) in [5.41, 5.74) is 2.69. The Kier molecular flexibility index (Phi) is 1.56. The van der Waals surface area contributed by atoms with E-state index in [9.17, 15) is 4.79 Å². The fourth-order valence-electron chi connectivity index (χ4n) is 3.16. The first kappa shape index (κ1) is 9.69. The summed E-state index contributed by atoms with van der Waals surface area (Å²) in [6, 6.07) is 6.47. The molecule has 88 valence electrons. The normalized spacial score (nSPS) is 35.2. The number of rotatable bonds is 2. The summed E-state index contributed by atoms with van der Waals surface area (Å²) in [6.45, 7) is 3.01. The van der Waals surface area contributed by atoms with Crippen LogP contribution < -0.4 is 4.74 Å². The average Bonchev–Trinajstić information content (AvgIpc) is 3.24. The van der Waals surface area contributed by atoms with Crippen molar-refractivity contribution in [2.24, 2.45) is 5.92 Å². The Morgan fingerprint density at radius 2 is 2.24 bits per heavy atom. The second-order valence-electron chi connectivity index (χ2n) is 6.14. The van der Waals surface area contributed by atoms with Crippen LogP contribution in [0.1, 0.15) is 37.3 Å². The summed E-state index contributed by atoms with van der Waals surface area (Å²) in [7, 11) is 0. The molecule has 4 rings (SSSR count). The van der Waals surface area contributed by atoms with Crippen LogP contribution in [-0.4, -0.2) is 12.9 Å². The zero-order valence-corrected chi connectivity index (χ0v) is 10.0. The van der Waals surface area contributed by atoms with Crippen molar-refractivity contribution in [1.82, 2.24) is 0 Å². The fraction of sp³-hybridized carbons (Fsp3) is 0.533. The van der Waals surface area contributed by atoms with Crippen molar-refractivity contribution in [2.45, 2.75) is 37.0 Å². The van der Waals surface area contributed by atoms with E-state index in [4.69, 9.17) is 4.74 Å². The van der Waals surface area contributed by atoms with Gasteiger partial charge in [-0.3, -0.25) is 0 Å². The van der Waals surface area contributed by atoms with Crippen LogP contribution in [0.15, 0.2) is 18.2 Å². The summed E-state index contributed by atoms with van der Waals surface area (Å²) in [5.74, 6) is 1.36. The minimum absolute atomic E-state index is 0.200. The first-order valence-corrected chi connectivity index (χ1v) is 6.42. The van der Waals surface area contributed by atoms with Gasteiger partial charge in [0.05, 0.1) is 12.0 Å². The molecule has 0 aromatic heterocycles. The molecule has 1 aliphatic heterocycles. The number of carbonyl (C=O) groups excluding carboxylic acids is 1. The topological polar surface area (TPSA) is 26.3 Å². The molecule has 2 aliphatic carbocycles. The van der Waals surface area contributed by atoms with E-state index in [1.165, 1.54) is 18.4 Å². The third-order valence-corrected chi connectivity index (χ3v) is 4.98. The Morgan fingerprint density at radius 3 is 2.94 bits per heavy atom. The standard InChI is InChI=1S/C15H16O2/c1-14(4-5-14)10-2-3-13-12(6-10)15(9-16)7-11(15)8-17-13/h2-3,6,9,11H,4-5,7-8H2,1H3. The number of benzene rings is 1. The molecule has 3 aliphatic rings. The van der Waals surface area contributed by atoms with Gasteiger partial charge in [-0.1, -0.05) is 19.1 Å². The van der Waals surface area contributed by atoms with E-state index >= 15 is 0 Å². The SMILES string of the molecule is CC1(c2ccc3c(c2)C2(C=O)CC2CO3)CC1. The maximum atomic E-state index is 11.4. The van der Waals surface area contributed by atoms with Crippen molar-refractivity contribution in [3.63, 3.8) is 0 Å². The van der Waals surface area contributed by atoms with Crippen LogP contribution >= 0.6 is 0 Å². The maximum Gasteiger partial charge on any atom is 0.131 e. The fourth-order valence-corrected chi connectivity index (χ4v) is 3.16. The second-order valence-corrected chi connectivity index (χ2v) is 6.14. The summed E-state index contributed by atoms with van der Waals surface area (Å²) in [5, 5.41) is 0. The first-order valence-electron chi connectivity index (χ1n) is 6.42. The Hall–Kier alpha value is -1.31. The van der Waals surface area contributed by atoms with Gasteiger partial charge in [-0.25, -0.2) is 0 Å². The third kappa shape index (κ3) is 1.13. The van der Waals surface area contributed by atoms with Crippen molar-refractivity contribution >= 4 is 6.29 Å². The van der Waals surface area contributed by atoms with Crippen LogP contribution in [0.3, 0.4) is 0 Å². The zero-order chi connectivity index (χ0) is 11.7. The third-order valence-electron chi connectivity index (χ3n) is 4.98. The number of hydrogen-bond donors (Lipinski definition) is 0. The smallest absolute Gasteiger partial charge is 0.131 e. The van der Waals surface area contributed by atoms with Gasteiger partial charge < -0.3 is 9.53 Å². The lowest BCUT2D eigenvalue weighted by molar-refractivity contribution is -0.110. The van der Waals surface area contributed by atoms with E-state index in [1.807, 2.05) is 0 Å². The molecule has 2 heteroatoms. The molecule has 0 bridgehead atoms. The van der Waals surface area contributed by atoms with Gasteiger partial charge in [-0.15, -0.1) is 0 Å². The van der Waals surface area contributed by atoms with Gasteiger partial charge in [-0.05, 0) is 36.3 Å². The highest BCUT2D eigenvalue weighted by molar-refractivity contribution is 5.77. The Bertz CT molecular complexity index is 516. The molecule has 2 atom stereocenters. The monoisotopic (exact) mass is 228 g/mol. The molecule has 0 radical (unpaired) electrons. The molecule has 0 amide bonds. The van der Waals surface area contributed by atoms with Crippen molar-refractivity contribution in [3.05, 3.63) is 29.3 Å². The molecular weight excluding hydrogens is 212 g/mol. The average molecular weight is 228 g/mol. The van der Waals surface area contributed by atoms with Crippen LogP contribution in [0.5, 0.6) is 5.75 Å². The predicted molar refractivity (Wildman–Crippen MR) is 64.4 cm³/mol. The molecular formula is C15H16O2. The largest absolute Gasteiger partial charge is 0.493 e. The second kappa shape index (κ2) is 2.74. The minimum Gasteiger partial charge on any atom is -0.493 e. The quantitative estimate of drug-likeness (QED) is 0.727. The zero-order valence-electron chi connectivity index (χ0n) is 10.0. The van der Waals surface area contributed by atoms with Gasteiger partial charge in [0.15, 0.2) is 0 Å². The van der Waals surface area contributed by atoms with Gasteiger partial charge in [-0.2, -0.15) is 0 Å². The predicted octanol–water partition coefficient (Wildman–Crippen LogP) is 2.59. The first-order chi connectivity index (χ1) is 8.18. The Morgan fingerprint density at radius 1 is 1.41 bits per heavy atom.